The number of aliphatic hydroxyl groups is 3. The van der Waals surface area contributed by atoms with Crippen LogP contribution in [-0.4, -0.2) is 65.5 Å². The molecule has 0 unspecified atom stereocenters. The summed E-state index contributed by atoms with van der Waals surface area (Å²) in [6.07, 6.45) is -1.26. The molecule has 124 valence electrons. The molecule has 0 spiro atoms. The van der Waals surface area contributed by atoms with Crippen molar-refractivity contribution in [2.24, 2.45) is 0 Å². The number of aliphatic hydroxyl groups excluding tert-OH is 3. The number of nitrogens with two attached hydrogens (primary N) is 1. The van der Waals surface area contributed by atoms with Gasteiger partial charge in [0.05, 0.1) is 6.61 Å². The van der Waals surface area contributed by atoms with E-state index in [2.05, 4.69) is 21.5 Å². The van der Waals surface area contributed by atoms with Crippen LogP contribution in [0.3, 0.4) is 0 Å². The van der Waals surface area contributed by atoms with Crippen molar-refractivity contribution in [2.45, 2.75) is 29.7 Å². The summed E-state index contributed by atoms with van der Waals surface area (Å²) >= 11 is 1.36. The van der Waals surface area contributed by atoms with Crippen LogP contribution >= 0.6 is 11.8 Å². The summed E-state index contributed by atoms with van der Waals surface area (Å²) in [5.74, 6) is 0.784. The lowest BCUT2D eigenvalue weighted by molar-refractivity contribution is -0.0548. The molecule has 1 aliphatic heterocycles. The van der Waals surface area contributed by atoms with Crippen molar-refractivity contribution in [1.82, 2.24) is 19.5 Å². The van der Waals surface area contributed by atoms with Gasteiger partial charge in [0.1, 0.15) is 24.6 Å². The van der Waals surface area contributed by atoms with E-state index in [-0.39, 0.29) is 5.82 Å². The first kappa shape index (κ1) is 16.1. The molecule has 1 saturated heterocycles. The van der Waals surface area contributed by atoms with E-state index >= 15 is 0 Å². The molecule has 9 nitrogen and oxygen atoms in total. The second kappa shape index (κ2) is 6.42. The smallest absolute Gasteiger partial charge is 0.172 e. The number of hydrogen-bond donors (Lipinski definition) is 4. The number of rotatable bonds is 5. The van der Waals surface area contributed by atoms with E-state index in [0.717, 1.165) is 0 Å². The third-order valence-corrected chi connectivity index (χ3v) is 4.52. The fourth-order valence-electron chi connectivity index (χ4n) is 2.46. The maximum atomic E-state index is 10.3. The van der Waals surface area contributed by atoms with Gasteiger partial charge in [-0.15, -0.1) is 6.58 Å². The van der Waals surface area contributed by atoms with Gasteiger partial charge in [-0.05, 0) is 0 Å². The summed E-state index contributed by atoms with van der Waals surface area (Å²) in [6, 6.07) is 0. The zero-order valence-electron chi connectivity index (χ0n) is 12.1. The molecule has 0 amide bonds. The molecule has 1 fully saturated rings. The van der Waals surface area contributed by atoms with Crippen LogP contribution in [0.2, 0.25) is 0 Å². The molecule has 0 bridgehead atoms. The zero-order valence-corrected chi connectivity index (χ0v) is 12.9. The average Bonchev–Trinajstić information content (AvgIpc) is 3.05. The van der Waals surface area contributed by atoms with Crippen LogP contribution in [0.4, 0.5) is 5.82 Å². The van der Waals surface area contributed by atoms with Gasteiger partial charge in [-0.3, -0.25) is 4.57 Å². The molecular weight excluding hydrogens is 322 g/mol. The van der Waals surface area contributed by atoms with Gasteiger partial charge in [-0.1, -0.05) is 17.8 Å². The summed E-state index contributed by atoms with van der Waals surface area (Å²) < 4.78 is 7.14. The Balaban J connectivity index is 2.11. The minimum atomic E-state index is -1.23. The molecule has 5 N–H and O–H groups in total. The fraction of sp³-hybridized carbons (Fsp3) is 0.462. The van der Waals surface area contributed by atoms with Crippen molar-refractivity contribution in [3.8, 4) is 0 Å². The third-order valence-electron chi connectivity index (χ3n) is 3.57. The number of anilines is 1. The highest BCUT2D eigenvalue weighted by Crippen LogP contribution is 2.36. The molecule has 4 atom stereocenters. The number of thioether (sulfide) groups is 1. The molecule has 3 heterocycles. The number of ether oxygens (including phenoxy) is 1. The largest absolute Gasteiger partial charge is 0.394 e. The number of imidazole rings is 1. The Labute approximate surface area is 135 Å². The van der Waals surface area contributed by atoms with E-state index in [1.54, 1.807) is 10.6 Å². The Hall–Kier alpha value is -1.72. The van der Waals surface area contributed by atoms with Gasteiger partial charge in [-0.25, -0.2) is 15.0 Å². The second-order valence-electron chi connectivity index (χ2n) is 5.02. The van der Waals surface area contributed by atoms with Gasteiger partial charge in [0.25, 0.3) is 0 Å². The predicted molar refractivity (Wildman–Crippen MR) is 83.7 cm³/mol. The number of hydrogen-bond acceptors (Lipinski definition) is 9. The number of aromatic nitrogens is 4. The second-order valence-corrected chi connectivity index (χ2v) is 6.01. The lowest BCUT2D eigenvalue weighted by atomic mass is 10.1. The molecule has 2 aromatic rings. The van der Waals surface area contributed by atoms with Crippen LogP contribution < -0.4 is 5.73 Å². The van der Waals surface area contributed by atoms with E-state index in [1.165, 1.54) is 18.1 Å². The van der Waals surface area contributed by atoms with Crippen molar-refractivity contribution in [1.29, 1.82) is 0 Å². The number of nitrogen functional groups attached to an aromatic ring is 1. The van der Waals surface area contributed by atoms with Crippen molar-refractivity contribution in [2.75, 3.05) is 18.1 Å². The van der Waals surface area contributed by atoms with Gasteiger partial charge in [0.2, 0.25) is 0 Å². The van der Waals surface area contributed by atoms with Gasteiger partial charge in [0, 0.05) is 5.75 Å². The monoisotopic (exact) mass is 339 g/mol. The average molecular weight is 339 g/mol. The minimum absolute atomic E-state index is 0.209. The van der Waals surface area contributed by atoms with Gasteiger partial charge in [-0.2, -0.15) is 0 Å². The molecule has 0 aliphatic carbocycles. The van der Waals surface area contributed by atoms with Gasteiger partial charge >= 0.3 is 0 Å². The van der Waals surface area contributed by atoms with E-state index in [4.69, 9.17) is 10.5 Å². The molecule has 3 rings (SSSR count). The third kappa shape index (κ3) is 2.68. The summed E-state index contributed by atoms with van der Waals surface area (Å²) in [5.41, 5.74) is 6.61. The molecule has 2 aromatic heterocycles. The first-order valence-electron chi connectivity index (χ1n) is 6.93. The Morgan fingerprint density at radius 3 is 2.83 bits per heavy atom. The van der Waals surface area contributed by atoms with Gasteiger partial charge in [0.15, 0.2) is 28.4 Å². The van der Waals surface area contributed by atoms with Crippen LogP contribution in [0.1, 0.15) is 6.23 Å². The molecule has 10 heteroatoms. The van der Waals surface area contributed by atoms with Crippen LogP contribution in [0.5, 0.6) is 0 Å². The lowest BCUT2D eigenvalue weighted by Gasteiger charge is -2.18. The summed E-state index contributed by atoms with van der Waals surface area (Å²) in [5, 5.41) is 30.0. The molecule has 23 heavy (non-hydrogen) atoms. The number of fused-ring (bicyclic) bond motifs is 1. The standard InChI is InChI=1S/C13H17N5O4S/c1-2-3-23-13-17-7-10(14)15-5-16-11(7)18(13)12-9(21)8(20)6(4-19)22-12/h2,5-6,8-9,12,19-21H,1,3-4H2,(H2,14,15,16)/t6-,8-,9+,12+/m1/s1. The Kier molecular flexibility index (Phi) is 4.50. The molecule has 1 aliphatic rings. The summed E-state index contributed by atoms with van der Waals surface area (Å²) in [7, 11) is 0. The molecule has 0 radical (unpaired) electrons. The van der Waals surface area contributed by atoms with Crippen molar-refractivity contribution in [3.05, 3.63) is 19.0 Å². The highest BCUT2D eigenvalue weighted by atomic mass is 32.2. The normalized spacial score (nSPS) is 27.6. The summed E-state index contributed by atoms with van der Waals surface area (Å²) in [4.78, 5) is 12.5. The molecule has 0 saturated carbocycles. The Morgan fingerprint density at radius 1 is 1.39 bits per heavy atom. The SMILES string of the molecule is C=CCSc1nc2c(N)ncnc2n1[C@H]1O[C@H](CO)[C@@H](O)[C@@H]1O. The lowest BCUT2D eigenvalue weighted by Crippen LogP contribution is -2.33. The quantitative estimate of drug-likeness (QED) is 0.411. The summed E-state index contributed by atoms with van der Waals surface area (Å²) in [6.45, 7) is 3.25. The first-order valence-corrected chi connectivity index (χ1v) is 7.91. The van der Waals surface area contributed by atoms with E-state index in [0.29, 0.717) is 22.1 Å². The van der Waals surface area contributed by atoms with Crippen LogP contribution in [0, 0.1) is 0 Å². The Bertz CT molecular complexity index is 724. The highest BCUT2D eigenvalue weighted by Gasteiger charge is 2.45. The van der Waals surface area contributed by atoms with Crippen LogP contribution in [-0.2, 0) is 4.74 Å². The fourth-order valence-corrected chi connectivity index (χ4v) is 3.22. The van der Waals surface area contributed by atoms with E-state index in [1.807, 2.05) is 0 Å². The highest BCUT2D eigenvalue weighted by molar-refractivity contribution is 7.99. The topological polar surface area (TPSA) is 140 Å². The van der Waals surface area contributed by atoms with Crippen molar-refractivity contribution >= 4 is 28.7 Å². The zero-order chi connectivity index (χ0) is 16.6. The van der Waals surface area contributed by atoms with Crippen molar-refractivity contribution < 1.29 is 20.1 Å². The number of nitrogens with zero attached hydrogens (tertiary/aromatic N) is 4. The molecule has 0 aromatic carbocycles. The van der Waals surface area contributed by atoms with Crippen LogP contribution in [0.15, 0.2) is 24.1 Å². The van der Waals surface area contributed by atoms with Gasteiger partial charge < -0.3 is 25.8 Å². The van der Waals surface area contributed by atoms with E-state index in [9.17, 15) is 15.3 Å². The molecular formula is C13H17N5O4S. The minimum Gasteiger partial charge on any atom is -0.394 e. The first-order chi connectivity index (χ1) is 11.1. The maximum absolute atomic E-state index is 10.3. The van der Waals surface area contributed by atoms with Crippen molar-refractivity contribution in [3.63, 3.8) is 0 Å². The predicted octanol–water partition coefficient (Wildman–Crippen LogP) is -0.702. The van der Waals surface area contributed by atoms with Crippen LogP contribution in [0.25, 0.3) is 11.2 Å². The Morgan fingerprint density at radius 2 is 2.17 bits per heavy atom. The van der Waals surface area contributed by atoms with E-state index < -0.39 is 31.1 Å². The maximum Gasteiger partial charge on any atom is 0.172 e.